The van der Waals surface area contributed by atoms with Gasteiger partial charge in [-0.2, -0.15) is 8.42 Å². The molecule has 0 heterocycles. The molecule has 0 aliphatic heterocycles. The van der Waals surface area contributed by atoms with Crippen LogP contribution in [0.4, 0.5) is 0 Å². The third-order valence-electron chi connectivity index (χ3n) is 2.42. The van der Waals surface area contributed by atoms with Crippen LogP contribution >= 0.6 is 0 Å². The van der Waals surface area contributed by atoms with Crippen LogP contribution in [0.3, 0.4) is 0 Å². The van der Waals surface area contributed by atoms with E-state index >= 15 is 0 Å². The van der Waals surface area contributed by atoms with Gasteiger partial charge in [-0.05, 0) is 6.42 Å². The molecule has 0 saturated heterocycles. The predicted octanol–water partition coefficient (Wildman–Crippen LogP) is 0.756. The molecule has 6 N–H and O–H groups in total. The van der Waals surface area contributed by atoms with Crippen LogP contribution in [0.15, 0.2) is 0 Å². The monoisotopic (exact) mass is 387 g/mol. The van der Waals surface area contributed by atoms with Crippen LogP contribution in [-0.4, -0.2) is 92.8 Å². The Hall–Kier alpha value is 0.220. The Balaban J connectivity index is -0.0000000873. The fourth-order valence-electron chi connectivity index (χ4n) is 1.29. The maximum atomic E-state index is 10.1. The molecule has 0 aromatic carbocycles. The number of carbonyl (C=O) groups is 1. The normalized spacial score (nSPS) is 9.96. The van der Waals surface area contributed by atoms with Gasteiger partial charge in [0.25, 0.3) is 0 Å². The molecule has 9 nitrogen and oxygen atoms in total. The van der Waals surface area contributed by atoms with Crippen LogP contribution in [0.2, 0.25) is 0 Å². The molecule has 0 fully saturated rings. The summed E-state index contributed by atoms with van der Waals surface area (Å²) in [7, 11) is -4.67. The minimum atomic E-state index is -4.67. The SMILES string of the molecule is CCCCCCCCCC(=O)O.O=S(=O)(O)O.OCC(O)CO.[HH].[Na]. The standard InChI is InChI=1S/C10H20O2.C3H8O3.Na.H2O4S.H2/c1-2-3-4-5-6-7-8-9-10(11)12;4-1-3(6)2-5;;1-5(2,3)4;/h2-9H2,1H3,(H,11,12);3-6H,1-2H2;;(H2,1,2,3,4);1H. The molecule has 0 aliphatic carbocycles. The van der Waals surface area contributed by atoms with Crippen LogP contribution < -0.4 is 0 Å². The molecule has 11 heteroatoms. The van der Waals surface area contributed by atoms with Gasteiger partial charge in [0.1, 0.15) is 6.10 Å². The van der Waals surface area contributed by atoms with Gasteiger partial charge in [-0.1, -0.05) is 45.4 Å². The maximum absolute atomic E-state index is 10.1. The van der Waals surface area contributed by atoms with E-state index in [-0.39, 0.29) is 44.2 Å². The van der Waals surface area contributed by atoms with E-state index in [0.29, 0.717) is 6.42 Å². The Kier molecular flexibility index (Phi) is 30.9. The summed E-state index contributed by atoms with van der Waals surface area (Å²) in [6.45, 7) is 1.47. The number of aliphatic hydroxyl groups excluding tert-OH is 3. The van der Waals surface area contributed by atoms with Gasteiger partial charge in [-0.3, -0.25) is 13.9 Å². The number of hydrogen-bond donors (Lipinski definition) is 6. The molecule has 0 bridgehead atoms. The van der Waals surface area contributed by atoms with Crippen molar-refractivity contribution >= 4 is 45.9 Å². The third-order valence-corrected chi connectivity index (χ3v) is 2.42. The number of rotatable bonds is 10. The summed E-state index contributed by atoms with van der Waals surface area (Å²) in [4.78, 5) is 10.1. The number of aliphatic hydroxyl groups is 3. The van der Waals surface area contributed by atoms with Gasteiger partial charge >= 0.3 is 16.4 Å². The summed E-state index contributed by atoms with van der Waals surface area (Å²) < 4.78 is 31.6. The van der Waals surface area contributed by atoms with E-state index in [1.165, 1.54) is 32.1 Å². The van der Waals surface area contributed by atoms with Crippen molar-refractivity contribution in [1.29, 1.82) is 0 Å². The Morgan fingerprint density at radius 1 is 0.958 bits per heavy atom. The second-order valence-corrected chi connectivity index (χ2v) is 5.63. The molecule has 0 amide bonds. The number of hydrogen-bond acceptors (Lipinski definition) is 6. The number of carboxylic acids is 1. The van der Waals surface area contributed by atoms with Crippen LogP contribution in [0.25, 0.3) is 0 Å². The zero-order valence-electron chi connectivity index (χ0n) is 14.5. The first kappa shape index (κ1) is 31.9. The Bertz CT molecular complexity index is 343. The van der Waals surface area contributed by atoms with E-state index in [2.05, 4.69) is 6.92 Å². The molecule has 0 aliphatic rings. The van der Waals surface area contributed by atoms with Gasteiger partial charge in [0.05, 0.1) is 13.2 Å². The van der Waals surface area contributed by atoms with Crippen molar-refractivity contribution in [3.63, 3.8) is 0 Å². The van der Waals surface area contributed by atoms with E-state index in [4.69, 9.17) is 37.9 Å². The van der Waals surface area contributed by atoms with Crippen molar-refractivity contribution in [1.82, 2.24) is 0 Å². The molecular weight excluding hydrogens is 355 g/mol. The van der Waals surface area contributed by atoms with E-state index < -0.39 is 22.5 Å². The first-order valence-corrected chi connectivity index (χ1v) is 8.79. The minimum Gasteiger partial charge on any atom is -0.481 e. The van der Waals surface area contributed by atoms with Gasteiger partial charge in [0, 0.05) is 37.4 Å². The van der Waals surface area contributed by atoms with E-state index in [1.54, 1.807) is 0 Å². The fourth-order valence-corrected chi connectivity index (χ4v) is 1.29. The molecule has 0 saturated carbocycles. The molecular formula is C13H32NaO9S. The number of unbranched alkanes of at least 4 members (excludes halogenated alkanes) is 6. The molecule has 0 spiro atoms. The van der Waals surface area contributed by atoms with Crippen LogP contribution in [0, 0.1) is 0 Å². The third kappa shape index (κ3) is 57.2. The van der Waals surface area contributed by atoms with Crippen molar-refractivity contribution in [2.45, 2.75) is 64.4 Å². The quantitative estimate of drug-likeness (QED) is 0.180. The number of carboxylic acid groups (broad SMARTS) is 1. The average molecular weight is 387 g/mol. The first-order chi connectivity index (χ1) is 10.6. The maximum Gasteiger partial charge on any atom is 0.394 e. The Labute approximate surface area is 167 Å². The van der Waals surface area contributed by atoms with Gasteiger partial charge in [-0.25, -0.2) is 0 Å². The molecule has 1 radical (unpaired) electrons. The van der Waals surface area contributed by atoms with Crippen LogP contribution in [0.1, 0.15) is 59.7 Å². The first-order valence-electron chi connectivity index (χ1n) is 7.39. The minimum absolute atomic E-state index is 0. The van der Waals surface area contributed by atoms with Crippen molar-refractivity contribution in [2.24, 2.45) is 0 Å². The van der Waals surface area contributed by atoms with Crippen molar-refractivity contribution in [2.75, 3.05) is 13.2 Å². The van der Waals surface area contributed by atoms with E-state index in [0.717, 1.165) is 12.8 Å². The largest absolute Gasteiger partial charge is 0.481 e. The fraction of sp³-hybridized carbons (Fsp3) is 0.923. The van der Waals surface area contributed by atoms with Crippen molar-refractivity contribution < 1.29 is 44.2 Å². The summed E-state index contributed by atoms with van der Waals surface area (Å²) in [5.74, 6) is -0.663. The van der Waals surface area contributed by atoms with Gasteiger partial charge in [0.2, 0.25) is 0 Å². The van der Waals surface area contributed by atoms with Crippen molar-refractivity contribution in [3.8, 4) is 0 Å². The molecule has 0 aromatic rings. The van der Waals surface area contributed by atoms with Gasteiger partial charge < -0.3 is 20.4 Å². The molecule has 0 rings (SSSR count). The smallest absolute Gasteiger partial charge is 0.394 e. The van der Waals surface area contributed by atoms with E-state index in [1.807, 2.05) is 0 Å². The predicted molar refractivity (Wildman–Crippen MR) is 92.5 cm³/mol. The van der Waals surface area contributed by atoms with Crippen LogP contribution in [-0.2, 0) is 15.2 Å². The Morgan fingerprint density at radius 2 is 1.29 bits per heavy atom. The second kappa shape index (κ2) is 23.2. The van der Waals surface area contributed by atoms with E-state index in [9.17, 15) is 4.79 Å². The summed E-state index contributed by atoms with van der Waals surface area (Å²) in [5.41, 5.74) is 0. The topological polar surface area (TPSA) is 173 Å². The molecule has 24 heavy (non-hydrogen) atoms. The second-order valence-electron chi connectivity index (χ2n) is 4.73. The Morgan fingerprint density at radius 3 is 1.54 bits per heavy atom. The van der Waals surface area contributed by atoms with Crippen molar-refractivity contribution in [3.05, 3.63) is 0 Å². The summed E-state index contributed by atoms with van der Waals surface area (Å²) >= 11 is 0. The van der Waals surface area contributed by atoms with Crippen LogP contribution in [0.5, 0.6) is 0 Å². The zero-order valence-corrected chi connectivity index (χ0v) is 17.3. The van der Waals surface area contributed by atoms with Gasteiger partial charge in [-0.15, -0.1) is 0 Å². The average Bonchev–Trinajstić information content (AvgIpc) is 2.44. The summed E-state index contributed by atoms with van der Waals surface area (Å²) in [6.07, 6.45) is 7.69. The molecule has 145 valence electrons. The molecule has 0 atom stereocenters. The molecule has 0 unspecified atom stereocenters. The molecule has 0 aromatic heterocycles. The van der Waals surface area contributed by atoms with Gasteiger partial charge in [0.15, 0.2) is 0 Å². The summed E-state index contributed by atoms with van der Waals surface area (Å²) in [5, 5.41) is 32.4. The number of aliphatic carboxylic acids is 1. The zero-order chi connectivity index (χ0) is 18.7. The summed E-state index contributed by atoms with van der Waals surface area (Å²) in [6, 6.07) is 0.